The van der Waals surface area contributed by atoms with Crippen molar-refractivity contribution in [3.05, 3.63) is 66.0 Å². The Labute approximate surface area is 170 Å². The van der Waals surface area contributed by atoms with E-state index in [2.05, 4.69) is 20.6 Å². The highest BCUT2D eigenvalue weighted by molar-refractivity contribution is 5.89. The van der Waals surface area contributed by atoms with E-state index in [9.17, 15) is 4.79 Å². The van der Waals surface area contributed by atoms with Crippen LogP contribution in [0.25, 0.3) is 0 Å². The minimum absolute atomic E-state index is 0.0651. The third-order valence-electron chi connectivity index (χ3n) is 3.93. The van der Waals surface area contributed by atoms with E-state index in [0.717, 1.165) is 17.1 Å². The number of esters is 1. The maximum atomic E-state index is 11.6. The first-order chi connectivity index (χ1) is 13.9. The number of nitrogens with zero attached hydrogens (tertiary/aromatic N) is 2. The Morgan fingerprint density at radius 2 is 1.62 bits per heavy atom. The number of hydrogen-bond acceptors (Lipinski definition) is 7. The molecule has 0 unspecified atom stereocenters. The van der Waals surface area contributed by atoms with E-state index in [4.69, 9.17) is 9.47 Å². The summed E-state index contributed by atoms with van der Waals surface area (Å²) >= 11 is 0. The summed E-state index contributed by atoms with van der Waals surface area (Å²) in [4.78, 5) is 20.4. The van der Waals surface area contributed by atoms with E-state index < -0.39 is 0 Å². The summed E-state index contributed by atoms with van der Waals surface area (Å²) in [7, 11) is 1.36. The van der Waals surface area contributed by atoms with Gasteiger partial charge in [-0.25, -0.2) is 14.8 Å². The van der Waals surface area contributed by atoms with Crippen LogP contribution in [-0.4, -0.2) is 29.2 Å². The molecule has 0 fully saturated rings. The number of carbonyl (C=O) groups is 1. The molecule has 0 radical (unpaired) electrons. The molecule has 0 aliphatic rings. The molecular formula is C22H24N4O3. The molecule has 0 aliphatic heterocycles. The second-order valence-electron chi connectivity index (χ2n) is 6.67. The number of ether oxygens (including phenoxy) is 2. The van der Waals surface area contributed by atoms with Gasteiger partial charge >= 0.3 is 5.97 Å². The SMILES string of the molecule is COC(=O)c1ccc(Nc2cc(Nc3ccccc3OC(C)C)nc(C)n2)cc1. The molecule has 0 atom stereocenters. The lowest BCUT2D eigenvalue weighted by atomic mass is 10.2. The molecule has 1 aromatic heterocycles. The standard InChI is InChI=1S/C22H24N4O3/c1-14(2)29-19-8-6-5-7-18(19)26-21-13-20(23-15(3)24-21)25-17-11-9-16(10-12-17)22(27)28-4/h5-14H,1-4H3,(H2,23,24,25,26). The number of rotatable bonds is 7. The molecule has 1 heterocycles. The number of nitrogens with one attached hydrogen (secondary N) is 2. The molecule has 2 N–H and O–H groups in total. The van der Waals surface area contributed by atoms with Gasteiger partial charge in [-0.1, -0.05) is 12.1 Å². The van der Waals surface area contributed by atoms with Gasteiger partial charge in [0.05, 0.1) is 24.5 Å². The highest BCUT2D eigenvalue weighted by atomic mass is 16.5. The van der Waals surface area contributed by atoms with Crippen LogP contribution in [0, 0.1) is 6.92 Å². The van der Waals surface area contributed by atoms with Gasteiger partial charge in [0.25, 0.3) is 0 Å². The molecule has 3 rings (SSSR count). The van der Waals surface area contributed by atoms with Crippen LogP contribution < -0.4 is 15.4 Å². The average molecular weight is 392 g/mol. The van der Waals surface area contributed by atoms with Gasteiger partial charge in [0.1, 0.15) is 23.2 Å². The fraction of sp³-hybridized carbons (Fsp3) is 0.227. The number of aromatic nitrogens is 2. The van der Waals surface area contributed by atoms with Gasteiger partial charge in [0, 0.05) is 11.8 Å². The van der Waals surface area contributed by atoms with Crippen LogP contribution in [0.4, 0.5) is 23.0 Å². The zero-order valence-electron chi connectivity index (χ0n) is 16.9. The van der Waals surface area contributed by atoms with E-state index in [-0.39, 0.29) is 12.1 Å². The molecule has 29 heavy (non-hydrogen) atoms. The van der Waals surface area contributed by atoms with Crippen LogP contribution in [0.5, 0.6) is 5.75 Å². The molecule has 150 valence electrons. The van der Waals surface area contributed by atoms with E-state index in [0.29, 0.717) is 23.0 Å². The number of aryl methyl sites for hydroxylation is 1. The minimum Gasteiger partial charge on any atom is -0.489 e. The molecule has 3 aromatic rings. The number of methoxy groups -OCH3 is 1. The molecule has 0 spiro atoms. The van der Waals surface area contributed by atoms with E-state index in [1.165, 1.54) is 7.11 Å². The first kappa shape index (κ1) is 20.1. The molecule has 0 saturated heterocycles. The maximum absolute atomic E-state index is 11.6. The lowest BCUT2D eigenvalue weighted by Gasteiger charge is -2.16. The van der Waals surface area contributed by atoms with Crippen LogP contribution in [0.1, 0.15) is 30.0 Å². The lowest BCUT2D eigenvalue weighted by molar-refractivity contribution is 0.0601. The number of carbonyl (C=O) groups excluding carboxylic acids is 1. The smallest absolute Gasteiger partial charge is 0.337 e. The van der Waals surface area contributed by atoms with Crippen molar-refractivity contribution in [1.29, 1.82) is 0 Å². The summed E-state index contributed by atoms with van der Waals surface area (Å²) in [5, 5.41) is 6.53. The third-order valence-corrected chi connectivity index (χ3v) is 3.93. The average Bonchev–Trinajstić information content (AvgIpc) is 2.68. The quantitative estimate of drug-likeness (QED) is 0.556. The fourth-order valence-electron chi connectivity index (χ4n) is 2.72. The zero-order valence-corrected chi connectivity index (χ0v) is 16.9. The first-order valence-electron chi connectivity index (χ1n) is 9.28. The van der Waals surface area contributed by atoms with Crippen LogP contribution >= 0.6 is 0 Å². The van der Waals surface area contributed by atoms with Crippen molar-refractivity contribution in [2.75, 3.05) is 17.7 Å². The van der Waals surface area contributed by atoms with Crippen LogP contribution in [0.15, 0.2) is 54.6 Å². The summed E-state index contributed by atoms with van der Waals surface area (Å²) in [5.74, 6) is 2.28. The predicted octanol–water partition coefficient (Wildman–Crippen LogP) is 4.85. The Bertz CT molecular complexity index is 988. The Hall–Kier alpha value is -3.61. The van der Waals surface area contributed by atoms with Crippen LogP contribution in [-0.2, 0) is 4.74 Å². The summed E-state index contributed by atoms with van der Waals surface area (Å²) in [6.45, 7) is 5.80. The summed E-state index contributed by atoms with van der Waals surface area (Å²) < 4.78 is 10.6. The van der Waals surface area contributed by atoms with Crippen molar-refractivity contribution in [3.63, 3.8) is 0 Å². The lowest BCUT2D eigenvalue weighted by Crippen LogP contribution is -2.08. The van der Waals surface area contributed by atoms with Gasteiger partial charge in [-0.2, -0.15) is 0 Å². The summed E-state index contributed by atoms with van der Waals surface area (Å²) in [6, 6.07) is 16.5. The first-order valence-corrected chi connectivity index (χ1v) is 9.28. The normalized spacial score (nSPS) is 10.5. The van der Waals surface area contributed by atoms with Gasteiger partial charge in [0.2, 0.25) is 0 Å². The topological polar surface area (TPSA) is 85.4 Å². The second kappa shape index (κ2) is 9.05. The zero-order chi connectivity index (χ0) is 20.8. The van der Waals surface area contributed by atoms with Crippen molar-refractivity contribution in [3.8, 4) is 5.75 Å². The van der Waals surface area contributed by atoms with E-state index in [1.807, 2.05) is 51.1 Å². The van der Waals surface area contributed by atoms with Crippen LogP contribution in [0.3, 0.4) is 0 Å². The van der Waals surface area contributed by atoms with Crippen molar-refractivity contribution in [2.45, 2.75) is 26.9 Å². The Balaban J connectivity index is 1.79. The third kappa shape index (κ3) is 5.44. The van der Waals surface area contributed by atoms with Gasteiger partial charge in [-0.3, -0.25) is 0 Å². The molecule has 7 heteroatoms. The highest BCUT2D eigenvalue weighted by Crippen LogP contribution is 2.28. The summed E-state index contributed by atoms with van der Waals surface area (Å²) in [5.41, 5.74) is 2.11. The number of anilines is 4. The van der Waals surface area contributed by atoms with Gasteiger partial charge < -0.3 is 20.1 Å². The molecule has 0 saturated carbocycles. The molecule has 0 bridgehead atoms. The minimum atomic E-state index is -0.372. The van der Waals surface area contributed by atoms with Crippen molar-refractivity contribution >= 4 is 29.0 Å². The fourth-order valence-corrected chi connectivity index (χ4v) is 2.72. The largest absolute Gasteiger partial charge is 0.489 e. The number of hydrogen-bond donors (Lipinski definition) is 2. The highest BCUT2D eigenvalue weighted by Gasteiger charge is 2.09. The molecule has 2 aromatic carbocycles. The molecular weight excluding hydrogens is 368 g/mol. The number of para-hydroxylation sites is 2. The molecule has 0 amide bonds. The van der Waals surface area contributed by atoms with Crippen molar-refractivity contribution in [2.24, 2.45) is 0 Å². The Morgan fingerprint density at radius 3 is 2.28 bits per heavy atom. The van der Waals surface area contributed by atoms with Crippen LogP contribution in [0.2, 0.25) is 0 Å². The van der Waals surface area contributed by atoms with E-state index in [1.54, 1.807) is 24.3 Å². The van der Waals surface area contributed by atoms with E-state index >= 15 is 0 Å². The summed E-state index contributed by atoms with van der Waals surface area (Å²) in [6.07, 6.45) is 0.0651. The van der Waals surface area contributed by atoms with Gasteiger partial charge in [-0.05, 0) is 57.2 Å². The second-order valence-corrected chi connectivity index (χ2v) is 6.67. The molecule has 0 aliphatic carbocycles. The Morgan fingerprint density at radius 1 is 0.966 bits per heavy atom. The van der Waals surface area contributed by atoms with Gasteiger partial charge in [-0.15, -0.1) is 0 Å². The molecule has 7 nitrogen and oxygen atoms in total. The predicted molar refractivity (Wildman–Crippen MR) is 113 cm³/mol. The number of benzene rings is 2. The van der Waals surface area contributed by atoms with Crippen molar-refractivity contribution in [1.82, 2.24) is 9.97 Å². The Kier molecular flexibility index (Phi) is 6.29. The maximum Gasteiger partial charge on any atom is 0.337 e. The van der Waals surface area contributed by atoms with Crippen molar-refractivity contribution < 1.29 is 14.3 Å². The van der Waals surface area contributed by atoms with Gasteiger partial charge in [0.15, 0.2) is 0 Å². The monoisotopic (exact) mass is 392 g/mol.